The van der Waals surface area contributed by atoms with Crippen molar-refractivity contribution in [3.63, 3.8) is 0 Å². The lowest BCUT2D eigenvalue weighted by atomic mass is 10.3. The molecule has 0 unspecified atom stereocenters. The van der Waals surface area contributed by atoms with Crippen LogP contribution in [0.3, 0.4) is 0 Å². The fraction of sp³-hybridized carbons (Fsp3) is 0.385. The van der Waals surface area contributed by atoms with Crippen LogP contribution >= 0.6 is 15.9 Å². The van der Waals surface area contributed by atoms with Gasteiger partial charge in [-0.3, -0.25) is 4.99 Å². The summed E-state index contributed by atoms with van der Waals surface area (Å²) in [5, 5.41) is 6.52. The first-order valence-corrected chi connectivity index (χ1v) is 7.17. The van der Waals surface area contributed by atoms with Crippen molar-refractivity contribution in [1.29, 1.82) is 0 Å². The van der Waals surface area contributed by atoms with Crippen LogP contribution in [0.25, 0.3) is 5.65 Å². The third-order valence-corrected chi connectivity index (χ3v) is 3.52. The molecule has 2 aromatic heterocycles. The molecule has 0 radical (unpaired) electrons. The SMILES string of the molecule is Cc1cc(Br)cn2cc(CNC3=NCCCN3)nc12. The van der Waals surface area contributed by atoms with Crippen LogP contribution in [0.5, 0.6) is 0 Å². The van der Waals surface area contributed by atoms with Crippen molar-refractivity contribution >= 4 is 27.5 Å². The average molecular weight is 322 g/mol. The lowest BCUT2D eigenvalue weighted by molar-refractivity contribution is 0.699. The Morgan fingerprint density at radius 1 is 1.47 bits per heavy atom. The summed E-state index contributed by atoms with van der Waals surface area (Å²) >= 11 is 3.50. The molecular weight excluding hydrogens is 306 g/mol. The third-order valence-electron chi connectivity index (χ3n) is 3.09. The molecule has 1 aliphatic heterocycles. The molecule has 0 aliphatic carbocycles. The van der Waals surface area contributed by atoms with E-state index in [1.165, 1.54) is 0 Å². The van der Waals surface area contributed by atoms with Gasteiger partial charge >= 0.3 is 0 Å². The minimum Gasteiger partial charge on any atom is -0.356 e. The number of fused-ring (bicyclic) bond motifs is 1. The zero-order valence-corrected chi connectivity index (χ0v) is 12.4. The first-order chi connectivity index (χ1) is 9.22. The van der Waals surface area contributed by atoms with E-state index < -0.39 is 0 Å². The van der Waals surface area contributed by atoms with Crippen LogP contribution in [0.4, 0.5) is 0 Å². The van der Waals surface area contributed by atoms with E-state index in [0.717, 1.165) is 46.8 Å². The number of aromatic nitrogens is 2. The van der Waals surface area contributed by atoms with Crippen LogP contribution in [0, 0.1) is 6.92 Å². The Bertz CT molecular complexity index is 631. The van der Waals surface area contributed by atoms with Gasteiger partial charge in [-0.15, -0.1) is 0 Å². The lowest BCUT2D eigenvalue weighted by Crippen LogP contribution is -2.40. The Morgan fingerprint density at radius 2 is 2.37 bits per heavy atom. The highest BCUT2D eigenvalue weighted by molar-refractivity contribution is 9.10. The Morgan fingerprint density at radius 3 is 3.16 bits per heavy atom. The van der Waals surface area contributed by atoms with Gasteiger partial charge in [-0.05, 0) is 40.9 Å². The summed E-state index contributed by atoms with van der Waals surface area (Å²) in [4.78, 5) is 9.02. The number of imidazole rings is 1. The number of pyridine rings is 1. The number of nitrogens with zero attached hydrogens (tertiary/aromatic N) is 3. The van der Waals surface area contributed by atoms with Gasteiger partial charge in [0.05, 0.1) is 12.2 Å². The van der Waals surface area contributed by atoms with Crippen LogP contribution in [0.15, 0.2) is 27.9 Å². The first kappa shape index (κ1) is 12.5. The lowest BCUT2D eigenvalue weighted by Gasteiger charge is -2.15. The van der Waals surface area contributed by atoms with Crippen LogP contribution in [0.2, 0.25) is 0 Å². The average Bonchev–Trinajstić information content (AvgIpc) is 2.81. The normalized spacial score (nSPS) is 15.2. The van der Waals surface area contributed by atoms with Crippen molar-refractivity contribution in [3.8, 4) is 0 Å². The van der Waals surface area contributed by atoms with Crippen molar-refractivity contribution in [3.05, 3.63) is 34.2 Å². The number of rotatable bonds is 2. The van der Waals surface area contributed by atoms with E-state index in [1.54, 1.807) is 0 Å². The molecule has 0 atom stereocenters. The predicted molar refractivity (Wildman–Crippen MR) is 79.4 cm³/mol. The van der Waals surface area contributed by atoms with E-state index in [0.29, 0.717) is 6.54 Å². The number of aliphatic imine (C=N–C) groups is 1. The van der Waals surface area contributed by atoms with E-state index in [4.69, 9.17) is 0 Å². The van der Waals surface area contributed by atoms with Crippen LogP contribution < -0.4 is 10.6 Å². The monoisotopic (exact) mass is 321 g/mol. The molecule has 0 saturated carbocycles. The quantitative estimate of drug-likeness (QED) is 0.887. The smallest absolute Gasteiger partial charge is 0.191 e. The Hall–Kier alpha value is -1.56. The van der Waals surface area contributed by atoms with Gasteiger partial charge in [-0.1, -0.05) is 0 Å². The van der Waals surface area contributed by atoms with Crippen molar-refractivity contribution in [1.82, 2.24) is 20.0 Å². The zero-order valence-electron chi connectivity index (χ0n) is 10.8. The molecule has 5 nitrogen and oxygen atoms in total. The maximum Gasteiger partial charge on any atom is 0.191 e. The summed E-state index contributed by atoms with van der Waals surface area (Å²) in [5.74, 6) is 0.876. The van der Waals surface area contributed by atoms with E-state index in [2.05, 4.69) is 49.5 Å². The first-order valence-electron chi connectivity index (χ1n) is 6.38. The fourth-order valence-corrected chi connectivity index (χ4v) is 2.75. The van der Waals surface area contributed by atoms with Crippen LogP contribution in [-0.4, -0.2) is 28.4 Å². The van der Waals surface area contributed by atoms with E-state index >= 15 is 0 Å². The van der Waals surface area contributed by atoms with Gasteiger partial charge in [0.2, 0.25) is 0 Å². The molecule has 0 amide bonds. The van der Waals surface area contributed by atoms with Gasteiger partial charge in [0.1, 0.15) is 5.65 Å². The number of guanidine groups is 1. The molecule has 0 fully saturated rings. The molecule has 3 heterocycles. The topological polar surface area (TPSA) is 53.7 Å². The van der Waals surface area contributed by atoms with Crippen LogP contribution in [0.1, 0.15) is 17.7 Å². The molecule has 2 aromatic rings. The summed E-state index contributed by atoms with van der Waals surface area (Å²) < 4.78 is 3.11. The number of halogens is 1. The molecule has 0 bridgehead atoms. The molecule has 3 rings (SSSR count). The largest absolute Gasteiger partial charge is 0.356 e. The van der Waals surface area contributed by atoms with Crippen molar-refractivity contribution in [2.24, 2.45) is 4.99 Å². The number of hydrogen-bond acceptors (Lipinski definition) is 4. The van der Waals surface area contributed by atoms with Gasteiger partial charge in [0, 0.05) is 30.0 Å². The molecular formula is C13H16BrN5. The molecule has 1 aliphatic rings. The molecule has 19 heavy (non-hydrogen) atoms. The second-order valence-electron chi connectivity index (χ2n) is 4.67. The third kappa shape index (κ3) is 2.73. The van der Waals surface area contributed by atoms with E-state index in [-0.39, 0.29) is 0 Å². The highest BCUT2D eigenvalue weighted by Crippen LogP contribution is 2.17. The second kappa shape index (κ2) is 5.21. The van der Waals surface area contributed by atoms with Crippen molar-refractivity contribution in [2.75, 3.05) is 13.1 Å². The molecule has 0 saturated heterocycles. The molecule has 6 heteroatoms. The Labute approximate surface area is 120 Å². The van der Waals surface area contributed by atoms with Gasteiger partial charge in [0.15, 0.2) is 5.96 Å². The predicted octanol–water partition coefficient (Wildman–Crippen LogP) is 1.84. The van der Waals surface area contributed by atoms with Gasteiger partial charge in [-0.25, -0.2) is 4.98 Å². The maximum absolute atomic E-state index is 4.63. The summed E-state index contributed by atoms with van der Waals surface area (Å²) in [7, 11) is 0. The highest BCUT2D eigenvalue weighted by atomic mass is 79.9. The minimum absolute atomic E-state index is 0.685. The zero-order chi connectivity index (χ0) is 13.2. The van der Waals surface area contributed by atoms with Gasteiger partial charge < -0.3 is 15.0 Å². The van der Waals surface area contributed by atoms with Crippen LogP contribution in [-0.2, 0) is 6.54 Å². The summed E-state index contributed by atoms with van der Waals surface area (Å²) in [6, 6.07) is 2.08. The number of nitrogens with one attached hydrogen (secondary N) is 2. The molecule has 0 spiro atoms. The number of aryl methyl sites for hydroxylation is 1. The number of hydrogen-bond donors (Lipinski definition) is 2. The Kier molecular flexibility index (Phi) is 3.42. The van der Waals surface area contributed by atoms with E-state index in [9.17, 15) is 0 Å². The highest BCUT2D eigenvalue weighted by Gasteiger charge is 2.07. The molecule has 0 aromatic carbocycles. The summed E-state index contributed by atoms with van der Waals surface area (Å²) in [6.45, 7) is 4.64. The van der Waals surface area contributed by atoms with Crippen molar-refractivity contribution < 1.29 is 0 Å². The molecule has 2 N–H and O–H groups in total. The van der Waals surface area contributed by atoms with Gasteiger partial charge in [0.25, 0.3) is 0 Å². The standard InChI is InChI=1S/C13H16BrN5/c1-9-5-10(14)7-19-8-11(18-12(9)19)6-17-13-15-3-2-4-16-13/h5,7-8H,2-4,6H2,1H3,(H2,15,16,17). The maximum atomic E-state index is 4.63. The van der Waals surface area contributed by atoms with Crippen molar-refractivity contribution in [2.45, 2.75) is 19.9 Å². The minimum atomic E-state index is 0.685. The Balaban J connectivity index is 1.78. The summed E-state index contributed by atoms with van der Waals surface area (Å²) in [5.41, 5.74) is 3.17. The van der Waals surface area contributed by atoms with Gasteiger partial charge in [-0.2, -0.15) is 0 Å². The second-order valence-corrected chi connectivity index (χ2v) is 5.58. The fourth-order valence-electron chi connectivity index (χ4n) is 2.19. The summed E-state index contributed by atoms with van der Waals surface area (Å²) in [6.07, 6.45) is 5.17. The van der Waals surface area contributed by atoms with E-state index in [1.807, 2.05) is 16.8 Å². The molecule has 100 valence electrons.